The number of imidazole rings is 1. The molecule has 6 nitrogen and oxygen atoms in total. The molecule has 1 fully saturated rings. The lowest BCUT2D eigenvalue weighted by Crippen LogP contribution is -2.24. The molecular formula is C27H27N3O3. The molecule has 0 aliphatic carbocycles. The van der Waals surface area contributed by atoms with Crippen molar-refractivity contribution in [2.75, 3.05) is 25.2 Å². The van der Waals surface area contributed by atoms with Crippen molar-refractivity contribution in [2.24, 2.45) is 0 Å². The number of hydrogen-bond acceptors (Lipinski definition) is 4. The van der Waals surface area contributed by atoms with Crippen molar-refractivity contribution in [3.05, 3.63) is 84.2 Å². The van der Waals surface area contributed by atoms with Gasteiger partial charge in [0.2, 0.25) is 5.91 Å². The summed E-state index contributed by atoms with van der Waals surface area (Å²) in [6.45, 7) is 3.84. The second kappa shape index (κ2) is 8.98. The fourth-order valence-electron chi connectivity index (χ4n) is 4.50. The number of hydrogen-bond donors (Lipinski definition) is 0. The van der Waals surface area contributed by atoms with E-state index in [2.05, 4.69) is 10.6 Å². The van der Waals surface area contributed by atoms with Crippen LogP contribution in [0.15, 0.2) is 72.8 Å². The van der Waals surface area contributed by atoms with Crippen LogP contribution in [0.25, 0.3) is 11.0 Å². The third kappa shape index (κ3) is 4.16. The van der Waals surface area contributed by atoms with Gasteiger partial charge in [0.15, 0.2) is 0 Å². The van der Waals surface area contributed by atoms with Crippen LogP contribution in [-0.2, 0) is 11.3 Å². The maximum Gasteiger partial charge on any atom is 0.227 e. The SMILES string of the molecule is COc1ccc(N2CC(c3nc4ccccc4n3CCOc3ccccc3C)CC2=O)cc1. The van der Waals surface area contributed by atoms with Crippen LogP contribution in [0.2, 0.25) is 0 Å². The van der Waals surface area contributed by atoms with E-state index in [1.807, 2.05) is 78.6 Å². The van der Waals surface area contributed by atoms with Crippen molar-refractivity contribution >= 4 is 22.6 Å². The average Bonchev–Trinajstić information content (AvgIpc) is 3.41. The summed E-state index contributed by atoms with van der Waals surface area (Å²) in [7, 11) is 1.64. The Balaban J connectivity index is 1.39. The van der Waals surface area contributed by atoms with Crippen LogP contribution in [0.3, 0.4) is 0 Å². The van der Waals surface area contributed by atoms with E-state index in [-0.39, 0.29) is 11.8 Å². The maximum atomic E-state index is 12.9. The van der Waals surface area contributed by atoms with Gasteiger partial charge in [-0.1, -0.05) is 30.3 Å². The quantitative estimate of drug-likeness (QED) is 0.407. The summed E-state index contributed by atoms with van der Waals surface area (Å²) < 4.78 is 13.5. The highest BCUT2D eigenvalue weighted by Crippen LogP contribution is 2.34. The predicted octanol–water partition coefficient (Wildman–Crippen LogP) is 4.95. The number of anilines is 1. The molecule has 33 heavy (non-hydrogen) atoms. The molecule has 1 unspecified atom stereocenters. The highest BCUT2D eigenvalue weighted by atomic mass is 16.5. The number of rotatable bonds is 7. The average molecular weight is 442 g/mol. The lowest BCUT2D eigenvalue weighted by atomic mass is 10.1. The largest absolute Gasteiger partial charge is 0.497 e. The Morgan fingerprint density at radius 1 is 1.00 bits per heavy atom. The minimum atomic E-state index is 0.0189. The first kappa shape index (κ1) is 21.1. The molecule has 3 aromatic carbocycles. The summed E-state index contributed by atoms with van der Waals surface area (Å²) in [5.74, 6) is 2.74. The fraction of sp³-hybridized carbons (Fsp3) is 0.259. The lowest BCUT2D eigenvalue weighted by Gasteiger charge is -2.18. The fourth-order valence-corrected chi connectivity index (χ4v) is 4.50. The van der Waals surface area contributed by atoms with Crippen molar-refractivity contribution in [3.8, 4) is 11.5 Å². The number of nitrogens with zero attached hydrogens (tertiary/aromatic N) is 3. The molecule has 5 rings (SSSR count). The van der Waals surface area contributed by atoms with Gasteiger partial charge >= 0.3 is 0 Å². The standard InChI is InChI=1S/C27H27N3O3/c1-19-7-3-6-10-25(19)33-16-15-29-24-9-5-4-8-23(24)28-27(29)20-17-26(31)30(18-20)21-11-13-22(32-2)14-12-21/h3-14,20H,15-18H2,1-2H3. The number of methoxy groups -OCH3 is 1. The summed E-state index contributed by atoms with van der Waals surface area (Å²) in [6.07, 6.45) is 0.438. The molecule has 2 heterocycles. The van der Waals surface area contributed by atoms with Crippen LogP contribution in [0.1, 0.15) is 23.7 Å². The first-order chi connectivity index (χ1) is 16.1. The monoisotopic (exact) mass is 441 g/mol. The molecule has 0 spiro atoms. The van der Waals surface area contributed by atoms with Crippen LogP contribution in [-0.4, -0.2) is 35.7 Å². The number of aromatic nitrogens is 2. The van der Waals surface area contributed by atoms with Gasteiger partial charge in [0, 0.05) is 24.6 Å². The van der Waals surface area contributed by atoms with Crippen LogP contribution in [0.4, 0.5) is 5.69 Å². The van der Waals surface area contributed by atoms with Crippen LogP contribution < -0.4 is 14.4 Å². The Morgan fingerprint density at radius 3 is 2.55 bits per heavy atom. The zero-order valence-corrected chi connectivity index (χ0v) is 18.9. The topological polar surface area (TPSA) is 56.6 Å². The van der Waals surface area contributed by atoms with E-state index in [1.54, 1.807) is 7.11 Å². The van der Waals surface area contributed by atoms with Crippen molar-refractivity contribution in [1.29, 1.82) is 0 Å². The number of para-hydroxylation sites is 3. The van der Waals surface area contributed by atoms with E-state index in [0.29, 0.717) is 26.1 Å². The number of carbonyl (C=O) groups excluding carboxylic acids is 1. The molecule has 0 radical (unpaired) electrons. The van der Waals surface area contributed by atoms with Gasteiger partial charge in [0.1, 0.15) is 23.9 Å². The van der Waals surface area contributed by atoms with Gasteiger partial charge in [-0.2, -0.15) is 0 Å². The Kier molecular flexibility index (Phi) is 5.73. The van der Waals surface area contributed by atoms with Crippen molar-refractivity contribution in [3.63, 3.8) is 0 Å². The minimum absolute atomic E-state index is 0.0189. The van der Waals surface area contributed by atoms with Crippen LogP contribution in [0, 0.1) is 6.92 Å². The molecule has 0 saturated carbocycles. The first-order valence-electron chi connectivity index (χ1n) is 11.2. The normalized spacial score (nSPS) is 15.9. The lowest BCUT2D eigenvalue weighted by molar-refractivity contribution is -0.117. The molecular weight excluding hydrogens is 414 g/mol. The first-order valence-corrected chi connectivity index (χ1v) is 11.2. The highest BCUT2D eigenvalue weighted by molar-refractivity contribution is 5.96. The summed E-state index contributed by atoms with van der Waals surface area (Å²) in [5, 5.41) is 0. The summed E-state index contributed by atoms with van der Waals surface area (Å²) in [4.78, 5) is 19.7. The minimum Gasteiger partial charge on any atom is -0.497 e. The zero-order chi connectivity index (χ0) is 22.8. The molecule has 6 heteroatoms. The second-order valence-corrected chi connectivity index (χ2v) is 8.33. The second-order valence-electron chi connectivity index (χ2n) is 8.33. The molecule has 1 aliphatic heterocycles. The predicted molar refractivity (Wildman–Crippen MR) is 129 cm³/mol. The highest BCUT2D eigenvalue weighted by Gasteiger charge is 2.34. The van der Waals surface area contributed by atoms with E-state index < -0.39 is 0 Å². The van der Waals surface area contributed by atoms with Gasteiger partial charge in [-0.05, 0) is 55.0 Å². The zero-order valence-electron chi connectivity index (χ0n) is 18.9. The van der Waals surface area contributed by atoms with Crippen molar-refractivity contribution in [2.45, 2.75) is 25.8 Å². The molecule has 4 aromatic rings. The molecule has 1 amide bonds. The summed E-state index contributed by atoms with van der Waals surface area (Å²) >= 11 is 0. The smallest absolute Gasteiger partial charge is 0.227 e. The Morgan fingerprint density at radius 2 is 1.76 bits per heavy atom. The molecule has 1 aliphatic rings. The third-order valence-electron chi connectivity index (χ3n) is 6.22. The summed E-state index contributed by atoms with van der Waals surface area (Å²) in [6, 6.07) is 23.8. The Bertz CT molecular complexity index is 1280. The van der Waals surface area contributed by atoms with Gasteiger partial charge < -0.3 is 18.9 Å². The maximum absolute atomic E-state index is 12.9. The third-order valence-corrected chi connectivity index (χ3v) is 6.22. The number of fused-ring (bicyclic) bond motifs is 1. The van der Waals surface area contributed by atoms with Gasteiger partial charge in [0.05, 0.1) is 24.7 Å². The van der Waals surface area contributed by atoms with Gasteiger partial charge in [-0.3, -0.25) is 4.79 Å². The van der Waals surface area contributed by atoms with Crippen LogP contribution >= 0.6 is 0 Å². The van der Waals surface area contributed by atoms with E-state index >= 15 is 0 Å². The van der Waals surface area contributed by atoms with E-state index in [1.165, 1.54) is 0 Å². The van der Waals surface area contributed by atoms with Crippen LogP contribution in [0.5, 0.6) is 11.5 Å². The van der Waals surface area contributed by atoms with Gasteiger partial charge in [-0.15, -0.1) is 0 Å². The van der Waals surface area contributed by atoms with Crippen molar-refractivity contribution in [1.82, 2.24) is 9.55 Å². The molecule has 0 bridgehead atoms. The van der Waals surface area contributed by atoms with Gasteiger partial charge in [0.25, 0.3) is 0 Å². The Labute approximate surface area is 193 Å². The molecule has 0 N–H and O–H groups in total. The van der Waals surface area contributed by atoms with E-state index in [4.69, 9.17) is 14.5 Å². The molecule has 1 saturated heterocycles. The number of carbonyl (C=O) groups is 1. The number of ether oxygens (including phenoxy) is 2. The molecule has 1 aromatic heterocycles. The number of benzene rings is 3. The van der Waals surface area contributed by atoms with E-state index in [9.17, 15) is 4.79 Å². The summed E-state index contributed by atoms with van der Waals surface area (Å²) in [5.41, 5.74) is 4.01. The molecule has 1 atom stereocenters. The molecule has 168 valence electrons. The van der Waals surface area contributed by atoms with Gasteiger partial charge in [-0.25, -0.2) is 4.98 Å². The van der Waals surface area contributed by atoms with E-state index in [0.717, 1.165) is 39.6 Å². The Hall–Kier alpha value is -3.80. The number of aryl methyl sites for hydroxylation is 1. The number of amides is 1. The van der Waals surface area contributed by atoms with Crippen molar-refractivity contribution < 1.29 is 14.3 Å².